The molecule has 12 aromatic carbocycles. The zero-order valence-electron chi connectivity index (χ0n) is 28.9. The first-order valence-electron chi connectivity index (χ1n) is 18.3. The van der Waals surface area contributed by atoms with Crippen molar-refractivity contribution in [1.29, 1.82) is 10.5 Å². The molecule has 0 N–H and O–H groups in total. The minimum atomic E-state index is 0.635. The van der Waals surface area contributed by atoms with Crippen molar-refractivity contribution in [2.24, 2.45) is 0 Å². The number of hydrogen-bond donors (Lipinski definition) is 0. The van der Waals surface area contributed by atoms with Crippen LogP contribution in [-0.2, 0) is 0 Å². The second-order valence-corrected chi connectivity index (χ2v) is 14.5. The summed E-state index contributed by atoms with van der Waals surface area (Å²) in [7, 11) is 0. The Labute approximate surface area is 309 Å². The Morgan fingerprint density at radius 3 is 1.26 bits per heavy atom. The molecule has 0 bridgehead atoms. The average molecular weight is 679 g/mol. The molecule has 0 saturated heterocycles. The highest BCUT2D eigenvalue weighted by Crippen LogP contribution is 2.54. The fraction of sp³-hybridized carbons (Fsp3) is 0. The summed E-state index contributed by atoms with van der Waals surface area (Å²) in [6.45, 7) is 0. The monoisotopic (exact) mass is 678 g/mol. The van der Waals surface area contributed by atoms with Gasteiger partial charge in [0.05, 0.1) is 23.3 Å². The Morgan fingerprint density at radius 2 is 0.685 bits per heavy atom. The lowest BCUT2D eigenvalue weighted by Gasteiger charge is -2.18. The molecule has 0 spiro atoms. The van der Waals surface area contributed by atoms with Gasteiger partial charge in [0.15, 0.2) is 0 Å². The summed E-state index contributed by atoms with van der Waals surface area (Å²) >= 11 is 0. The maximum absolute atomic E-state index is 10.7. The summed E-state index contributed by atoms with van der Waals surface area (Å²) in [6.07, 6.45) is 0. The Hall–Kier alpha value is -7.52. The molecule has 0 radical (unpaired) electrons. The van der Waals surface area contributed by atoms with Crippen LogP contribution in [0.5, 0.6) is 0 Å². The molecule has 0 unspecified atom stereocenters. The van der Waals surface area contributed by atoms with Crippen molar-refractivity contribution in [3.05, 3.63) is 169 Å². The van der Waals surface area contributed by atoms with E-state index in [1.807, 2.05) is 36.4 Å². The molecule has 0 atom stereocenters. The van der Waals surface area contributed by atoms with Crippen LogP contribution in [0.1, 0.15) is 11.1 Å². The lowest BCUT2D eigenvalue weighted by atomic mass is 9.83. The van der Waals surface area contributed by atoms with Gasteiger partial charge in [-0.05, 0) is 144 Å². The predicted molar refractivity (Wildman–Crippen MR) is 227 cm³/mol. The van der Waals surface area contributed by atoms with E-state index in [1.54, 1.807) is 0 Å². The van der Waals surface area contributed by atoms with Gasteiger partial charge in [0.1, 0.15) is 0 Å². The fourth-order valence-electron chi connectivity index (χ4n) is 9.84. The molecule has 0 aliphatic rings. The molecule has 12 rings (SSSR count). The van der Waals surface area contributed by atoms with E-state index >= 15 is 0 Å². The van der Waals surface area contributed by atoms with Gasteiger partial charge in [-0.3, -0.25) is 0 Å². The van der Waals surface area contributed by atoms with Gasteiger partial charge in [0, 0.05) is 11.1 Å². The lowest BCUT2D eigenvalue weighted by molar-refractivity contribution is 1.48. The molecule has 244 valence electrons. The van der Waals surface area contributed by atoms with Gasteiger partial charge in [-0.2, -0.15) is 10.5 Å². The third kappa shape index (κ3) is 3.62. The van der Waals surface area contributed by atoms with Gasteiger partial charge >= 0.3 is 0 Å². The van der Waals surface area contributed by atoms with Crippen LogP contribution in [-0.4, -0.2) is 0 Å². The minimum absolute atomic E-state index is 0.635. The quantitative estimate of drug-likeness (QED) is 0.171. The number of nitrogens with zero attached hydrogens (tertiary/aromatic N) is 2. The first-order valence-corrected chi connectivity index (χ1v) is 18.3. The van der Waals surface area contributed by atoms with E-state index in [1.165, 1.54) is 64.6 Å². The highest BCUT2D eigenvalue weighted by Gasteiger charge is 2.27. The van der Waals surface area contributed by atoms with Crippen molar-refractivity contribution in [3.63, 3.8) is 0 Å². The van der Waals surface area contributed by atoms with Gasteiger partial charge in [0.25, 0.3) is 0 Å². The maximum atomic E-state index is 10.7. The molecule has 0 aliphatic heterocycles. The van der Waals surface area contributed by atoms with Crippen molar-refractivity contribution >= 4 is 97.0 Å². The molecule has 0 fully saturated rings. The number of benzene rings is 10. The van der Waals surface area contributed by atoms with Gasteiger partial charge in [-0.1, -0.05) is 121 Å². The SMILES string of the molecule is N#Cc1ccccc1-c1c2cc3c(cc2c(-c2ccccc2C#N)c2c4cc5ccccc5c5cccc(c12)c54)c1cccc2c4ccccc4cc3c21. The molecule has 54 heavy (non-hydrogen) atoms. The van der Waals surface area contributed by atoms with Gasteiger partial charge in [-0.15, -0.1) is 0 Å². The lowest BCUT2D eigenvalue weighted by Crippen LogP contribution is -1.93. The summed E-state index contributed by atoms with van der Waals surface area (Å²) in [4.78, 5) is 0. The van der Waals surface area contributed by atoms with E-state index in [2.05, 4.69) is 133 Å². The highest BCUT2D eigenvalue weighted by molar-refractivity contribution is 6.44. The summed E-state index contributed by atoms with van der Waals surface area (Å²) in [6, 6.07) is 61.2. The molecular weight excluding hydrogens is 653 g/mol. The van der Waals surface area contributed by atoms with E-state index in [0.717, 1.165) is 54.6 Å². The van der Waals surface area contributed by atoms with Crippen molar-refractivity contribution in [2.45, 2.75) is 0 Å². The van der Waals surface area contributed by atoms with E-state index in [9.17, 15) is 10.5 Å². The number of hydrogen-bond acceptors (Lipinski definition) is 2. The second kappa shape index (κ2) is 10.5. The average Bonchev–Trinajstić information content (AvgIpc) is 3.72. The molecular formula is C52H26N2. The number of nitriles is 2. The zero-order chi connectivity index (χ0) is 35.7. The molecule has 2 heteroatoms. The number of fused-ring (bicyclic) bond motifs is 11. The van der Waals surface area contributed by atoms with Gasteiger partial charge in [0.2, 0.25) is 0 Å². The third-order valence-corrected chi connectivity index (χ3v) is 12.0. The Bertz CT molecular complexity index is 3690. The Balaban J connectivity index is 1.43. The van der Waals surface area contributed by atoms with Crippen molar-refractivity contribution in [2.75, 3.05) is 0 Å². The summed E-state index contributed by atoms with van der Waals surface area (Å²) < 4.78 is 0. The maximum Gasteiger partial charge on any atom is 0.0998 e. The summed E-state index contributed by atoms with van der Waals surface area (Å²) in [5.74, 6) is 0. The van der Waals surface area contributed by atoms with Crippen LogP contribution in [0.3, 0.4) is 0 Å². The van der Waals surface area contributed by atoms with E-state index in [-0.39, 0.29) is 0 Å². The van der Waals surface area contributed by atoms with Gasteiger partial charge < -0.3 is 0 Å². The van der Waals surface area contributed by atoms with Crippen LogP contribution < -0.4 is 0 Å². The first-order chi connectivity index (χ1) is 26.7. The molecule has 12 aromatic rings. The molecule has 2 nitrogen and oxygen atoms in total. The van der Waals surface area contributed by atoms with E-state index in [4.69, 9.17) is 0 Å². The fourth-order valence-corrected chi connectivity index (χ4v) is 9.84. The van der Waals surface area contributed by atoms with Crippen molar-refractivity contribution < 1.29 is 0 Å². The summed E-state index contributed by atoms with van der Waals surface area (Å²) in [5.41, 5.74) is 5.20. The van der Waals surface area contributed by atoms with E-state index < -0.39 is 0 Å². The van der Waals surface area contributed by atoms with Crippen molar-refractivity contribution in [3.8, 4) is 34.4 Å². The molecule has 0 aliphatic carbocycles. The number of rotatable bonds is 2. The summed E-state index contributed by atoms with van der Waals surface area (Å²) in [5, 5.41) is 42.6. The van der Waals surface area contributed by atoms with Crippen LogP contribution in [0.15, 0.2) is 158 Å². The molecule has 0 aromatic heterocycles. The minimum Gasteiger partial charge on any atom is -0.192 e. The highest BCUT2D eigenvalue weighted by atomic mass is 14.3. The van der Waals surface area contributed by atoms with Crippen LogP contribution >= 0.6 is 0 Å². The normalized spacial score (nSPS) is 12.0. The largest absolute Gasteiger partial charge is 0.192 e. The Morgan fingerprint density at radius 1 is 0.278 bits per heavy atom. The first kappa shape index (κ1) is 29.1. The van der Waals surface area contributed by atoms with Crippen molar-refractivity contribution in [1.82, 2.24) is 0 Å². The standard InChI is InChI=1S/C52H26N2/c53-27-31-13-3-7-17-35(31)49-45-26-42-41(39-21-9-19-37-33-15-5-1-11-29(33)23-43(42)47(37)39)25-44(45)50(36-18-8-4-14-32(36)28-54)52-46-24-30-12-2-6-16-34(30)38-20-10-22-40(48(38)46)51(49)52/h1-26H. The smallest absolute Gasteiger partial charge is 0.0998 e. The van der Waals surface area contributed by atoms with Crippen LogP contribution in [0.25, 0.3) is 119 Å². The second-order valence-electron chi connectivity index (χ2n) is 14.5. The molecule has 0 saturated carbocycles. The van der Waals surface area contributed by atoms with E-state index in [0.29, 0.717) is 11.1 Å². The van der Waals surface area contributed by atoms with Crippen LogP contribution in [0.2, 0.25) is 0 Å². The van der Waals surface area contributed by atoms with Crippen LogP contribution in [0, 0.1) is 22.7 Å². The van der Waals surface area contributed by atoms with Crippen LogP contribution in [0.4, 0.5) is 0 Å². The van der Waals surface area contributed by atoms with Gasteiger partial charge in [-0.25, -0.2) is 0 Å². The molecule has 0 heterocycles. The topological polar surface area (TPSA) is 47.6 Å². The predicted octanol–water partition coefficient (Wildman–Crippen LogP) is 14.0. The molecule has 0 amide bonds. The Kier molecular flexibility index (Phi) is 5.67. The zero-order valence-corrected chi connectivity index (χ0v) is 28.9. The third-order valence-electron chi connectivity index (χ3n) is 12.0.